The van der Waals surface area contributed by atoms with Gasteiger partial charge in [-0.15, -0.1) is 5.10 Å². The fourth-order valence-corrected chi connectivity index (χ4v) is 2.22. The van der Waals surface area contributed by atoms with Crippen LogP contribution in [0.25, 0.3) is 5.65 Å². The van der Waals surface area contributed by atoms with Crippen LogP contribution in [-0.2, 0) is 4.74 Å². The Bertz CT molecular complexity index is 526. The summed E-state index contributed by atoms with van der Waals surface area (Å²) in [6.45, 7) is 3.06. The topological polar surface area (TPSA) is 80.5 Å². The number of hydrogen-bond acceptors (Lipinski definition) is 7. The summed E-state index contributed by atoms with van der Waals surface area (Å²) in [6.07, 6.45) is 3.44. The molecule has 3 heterocycles. The summed E-state index contributed by atoms with van der Waals surface area (Å²) in [5, 5.41) is 14.8. The van der Waals surface area contributed by atoms with Gasteiger partial charge in [-0.1, -0.05) is 0 Å². The average molecular weight is 249 g/mol. The van der Waals surface area contributed by atoms with Crippen molar-refractivity contribution in [2.75, 3.05) is 38.3 Å². The second kappa shape index (κ2) is 4.83. The van der Waals surface area contributed by atoms with Crippen molar-refractivity contribution in [2.45, 2.75) is 6.04 Å². The zero-order valence-electron chi connectivity index (χ0n) is 10.2. The van der Waals surface area contributed by atoms with Crippen LogP contribution in [0.2, 0.25) is 0 Å². The second-order valence-corrected chi connectivity index (χ2v) is 4.19. The van der Waals surface area contributed by atoms with Crippen LogP contribution in [0.15, 0.2) is 12.4 Å². The number of anilines is 1. The standard InChI is InChI=1S/C10H15N7O/c1-11-4-8-7-18-3-2-16(8)10-6-12-5-9-13-14-15-17(9)10/h5-6,8,11H,2-4,7H2,1H3. The summed E-state index contributed by atoms with van der Waals surface area (Å²) in [4.78, 5) is 6.42. The molecular weight excluding hydrogens is 234 g/mol. The first-order valence-electron chi connectivity index (χ1n) is 5.91. The van der Waals surface area contributed by atoms with Gasteiger partial charge in [-0.05, 0) is 17.5 Å². The van der Waals surface area contributed by atoms with Gasteiger partial charge in [-0.3, -0.25) is 4.98 Å². The predicted molar refractivity (Wildman–Crippen MR) is 64.5 cm³/mol. The molecule has 0 saturated carbocycles. The molecule has 2 aromatic heterocycles. The van der Waals surface area contributed by atoms with E-state index in [9.17, 15) is 0 Å². The number of rotatable bonds is 3. The number of tetrazole rings is 1. The first-order valence-corrected chi connectivity index (χ1v) is 5.91. The molecule has 1 unspecified atom stereocenters. The van der Waals surface area contributed by atoms with Gasteiger partial charge in [0.15, 0.2) is 11.5 Å². The van der Waals surface area contributed by atoms with Crippen LogP contribution in [0.3, 0.4) is 0 Å². The smallest absolute Gasteiger partial charge is 0.199 e. The van der Waals surface area contributed by atoms with E-state index in [1.54, 1.807) is 16.9 Å². The fourth-order valence-electron chi connectivity index (χ4n) is 2.22. The highest BCUT2D eigenvalue weighted by molar-refractivity contribution is 5.47. The van der Waals surface area contributed by atoms with Gasteiger partial charge < -0.3 is 15.0 Å². The minimum Gasteiger partial charge on any atom is -0.377 e. The Morgan fingerprint density at radius 3 is 3.33 bits per heavy atom. The molecule has 1 atom stereocenters. The summed E-state index contributed by atoms with van der Waals surface area (Å²) >= 11 is 0. The van der Waals surface area contributed by atoms with Crippen LogP contribution in [0.5, 0.6) is 0 Å². The van der Waals surface area contributed by atoms with Crippen LogP contribution in [0.4, 0.5) is 5.82 Å². The molecule has 1 fully saturated rings. The Morgan fingerprint density at radius 1 is 1.50 bits per heavy atom. The highest BCUT2D eigenvalue weighted by atomic mass is 16.5. The molecule has 0 bridgehead atoms. The first-order chi connectivity index (χ1) is 8.90. The lowest BCUT2D eigenvalue weighted by Crippen LogP contribution is -2.50. The van der Waals surface area contributed by atoms with Crippen molar-refractivity contribution in [2.24, 2.45) is 0 Å². The maximum absolute atomic E-state index is 5.52. The third-order valence-electron chi connectivity index (χ3n) is 3.05. The normalized spacial score (nSPS) is 20.5. The molecule has 0 radical (unpaired) electrons. The Hall–Kier alpha value is -1.80. The van der Waals surface area contributed by atoms with E-state index in [0.717, 1.165) is 18.9 Å². The third-order valence-corrected chi connectivity index (χ3v) is 3.05. The van der Waals surface area contributed by atoms with Gasteiger partial charge in [0.25, 0.3) is 0 Å². The van der Waals surface area contributed by atoms with E-state index in [0.29, 0.717) is 18.9 Å². The maximum atomic E-state index is 5.52. The van der Waals surface area contributed by atoms with E-state index in [1.807, 2.05) is 7.05 Å². The maximum Gasteiger partial charge on any atom is 0.199 e. The highest BCUT2D eigenvalue weighted by Crippen LogP contribution is 2.18. The van der Waals surface area contributed by atoms with Gasteiger partial charge in [0.1, 0.15) is 0 Å². The Labute approximate surface area is 104 Å². The monoisotopic (exact) mass is 249 g/mol. The van der Waals surface area contributed by atoms with Crippen molar-refractivity contribution in [1.82, 2.24) is 30.3 Å². The van der Waals surface area contributed by atoms with E-state index in [-0.39, 0.29) is 6.04 Å². The van der Waals surface area contributed by atoms with Gasteiger partial charge in [-0.2, -0.15) is 4.52 Å². The molecule has 96 valence electrons. The highest BCUT2D eigenvalue weighted by Gasteiger charge is 2.25. The Balaban J connectivity index is 1.98. The van der Waals surface area contributed by atoms with Crippen LogP contribution in [-0.4, -0.2) is 64.4 Å². The van der Waals surface area contributed by atoms with Crippen LogP contribution in [0, 0.1) is 0 Å². The fraction of sp³-hybridized carbons (Fsp3) is 0.600. The van der Waals surface area contributed by atoms with Gasteiger partial charge >= 0.3 is 0 Å². The number of hydrogen-bond donors (Lipinski definition) is 1. The molecule has 8 nitrogen and oxygen atoms in total. The van der Waals surface area contributed by atoms with Gasteiger partial charge in [0, 0.05) is 13.1 Å². The van der Waals surface area contributed by atoms with E-state index in [2.05, 4.69) is 30.7 Å². The Kier molecular flexibility index (Phi) is 3.03. The largest absolute Gasteiger partial charge is 0.377 e. The van der Waals surface area contributed by atoms with Crippen molar-refractivity contribution in [1.29, 1.82) is 0 Å². The predicted octanol–water partition coefficient (Wildman–Crippen LogP) is -1.06. The summed E-state index contributed by atoms with van der Waals surface area (Å²) < 4.78 is 7.23. The van der Waals surface area contributed by atoms with Crippen molar-refractivity contribution in [3.63, 3.8) is 0 Å². The third kappa shape index (κ3) is 1.89. The molecule has 8 heteroatoms. The summed E-state index contributed by atoms with van der Waals surface area (Å²) in [6, 6.07) is 0.264. The van der Waals surface area contributed by atoms with E-state index >= 15 is 0 Å². The van der Waals surface area contributed by atoms with Gasteiger partial charge in [-0.25, -0.2) is 0 Å². The number of likely N-dealkylation sites (N-methyl/N-ethyl adjacent to an activating group) is 1. The minimum absolute atomic E-state index is 0.264. The van der Waals surface area contributed by atoms with Crippen molar-refractivity contribution in [3.8, 4) is 0 Å². The second-order valence-electron chi connectivity index (χ2n) is 4.19. The molecule has 0 spiro atoms. The molecule has 0 amide bonds. The lowest BCUT2D eigenvalue weighted by molar-refractivity contribution is 0.0936. The average Bonchev–Trinajstić information content (AvgIpc) is 2.88. The SMILES string of the molecule is CNCC1COCCN1c1cncc2nnnn12. The molecule has 0 aliphatic carbocycles. The van der Waals surface area contributed by atoms with Gasteiger partial charge in [0.2, 0.25) is 0 Å². The van der Waals surface area contributed by atoms with Crippen LogP contribution >= 0.6 is 0 Å². The first kappa shape index (κ1) is 11.3. The summed E-state index contributed by atoms with van der Waals surface area (Å²) in [5.74, 6) is 0.904. The van der Waals surface area contributed by atoms with E-state index < -0.39 is 0 Å². The molecule has 1 aliphatic rings. The quantitative estimate of drug-likeness (QED) is 0.743. The van der Waals surface area contributed by atoms with Crippen molar-refractivity contribution >= 4 is 11.5 Å². The van der Waals surface area contributed by atoms with E-state index in [1.165, 1.54) is 0 Å². The summed E-state index contributed by atoms with van der Waals surface area (Å²) in [5.41, 5.74) is 0.655. The number of ether oxygens (including phenoxy) is 1. The molecule has 1 N–H and O–H groups in total. The number of nitrogens with zero attached hydrogens (tertiary/aromatic N) is 6. The molecule has 1 saturated heterocycles. The molecule has 18 heavy (non-hydrogen) atoms. The molecule has 0 aromatic carbocycles. The van der Waals surface area contributed by atoms with Crippen molar-refractivity contribution in [3.05, 3.63) is 12.4 Å². The lowest BCUT2D eigenvalue weighted by atomic mass is 10.2. The number of fused-ring (bicyclic) bond motifs is 1. The lowest BCUT2D eigenvalue weighted by Gasteiger charge is -2.36. The molecular formula is C10H15N7O. The van der Waals surface area contributed by atoms with Crippen LogP contribution < -0.4 is 10.2 Å². The zero-order chi connectivity index (χ0) is 12.4. The minimum atomic E-state index is 0.264. The number of aromatic nitrogens is 5. The Morgan fingerprint density at radius 2 is 2.44 bits per heavy atom. The zero-order valence-corrected chi connectivity index (χ0v) is 10.2. The molecule has 1 aliphatic heterocycles. The summed E-state index contributed by atoms with van der Waals surface area (Å²) in [7, 11) is 1.93. The molecule has 3 rings (SSSR count). The van der Waals surface area contributed by atoms with Gasteiger partial charge in [0.05, 0.1) is 31.6 Å². The molecule has 2 aromatic rings. The van der Waals surface area contributed by atoms with Crippen molar-refractivity contribution < 1.29 is 4.74 Å². The van der Waals surface area contributed by atoms with E-state index in [4.69, 9.17) is 4.74 Å². The van der Waals surface area contributed by atoms with Crippen LogP contribution in [0.1, 0.15) is 0 Å². The number of nitrogens with one attached hydrogen (secondary N) is 1. The number of morpholine rings is 1.